The molecule has 1 amide bonds. The standard InChI is InChI=1S/C17H21NO3/c1-13(11-15-9-10-21-12-15)18-17(19)8-5-14-3-6-16(20-2)7-4-14/h3-4,6-7,9-10,12-13H,5,8,11H2,1-2H3,(H,18,19)/t13-/m0/s1. The van der Waals surface area contributed by atoms with Gasteiger partial charge in [-0.3, -0.25) is 4.79 Å². The molecule has 0 fully saturated rings. The van der Waals surface area contributed by atoms with Crippen LogP contribution in [0.1, 0.15) is 24.5 Å². The molecule has 0 aliphatic heterocycles. The maximum absolute atomic E-state index is 11.9. The Morgan fingerprint density at radius 2 is 2.00 bits per heavy atom. The van der Waals surface area contributed by atoms with Gasteiger partial charge in [0.15, 0.2) is 0 Å². The van der Waals surface area contributed by atoms with Gasteiger partial charge in [-0.05, 0) is 49.1 Å². The summed E-state index contributed by atoms with van der Waals surface area (Å²) in [5, 5.41) is 3.01. The van der Waals surface area contributed by atoms with E-state index in [2.05, 4.69) is 5.32 Å². The Morgan fingerprint density at radius 3 is 2.62 bits per heavy atom. The van der Waals surface area contributed by atoms with Crippen molar-refractivity contribution in [2.45, 2.75) is 32.2 Å². The molecule has 4 heteroatoms. The Kier molecular flexibility index (Phi) is 5.43. The molecule has 0 unspecified atom stereocenters. The van der Waals surface area contributed by atoms with Crippen molar-refractivity contribution in [3.63, 3.8) is 0 Å². The summed E-state index contributed by atoms with van der Waals surface area (Å²) in [6.45, 7) is 2.00. The number of carbonyl (C=O) groups is 1. The minimum absolute atomic E-state index is 0.0711. The molecule has 0 aliphatic rings. The van der Waals surface area contributed by atoms with E-state index >= 15 is 0 Å². The Balaban J connectivity index is 1.73. The highest BCUT2D eigenvalue weighted by Gasteiger charge is 2.09. The molecule has 21 heavy (non-hydrogen) atoms. The van der Waals surface area contributed by atoms with E-state index in [1.54, 1.807) is 19.6 Å². The van der Waals surface area contributed by atoms with E-state index in [0.717, 1.165) is 29.7 Å². The Labute approximate surface area is 125 Å². The molecule has 4 nitrogen and oxygen atoms in total. The normalized spacial score (nSPS) is 11.9. The zero-order chi connectivity index (χ0) is 15.1. The molecule has 1 N–H and O–H groups in total. The summed E-state index contributed by atoms with van der Waals surface area (Å²) >= 11 is 0. The quantitative estimate of drug-likeness (QED) is 0.851. The molecule has 2 rings (SSSR count). The lowest BCUT2D eigenvalue weighted by Gasteiger charge is -2.13. The molecule has 112 valence electrons. The highest BCUT2D eigenvalue weighted by Crippen LogP contribution is 2.12. The highest BCUT2D eigenvalue weighted by atomic mass is 16.5. The first kappa shape index (κ1) is 15.2. The average molecular weight is 287 g/mol. The van der Waals surface area contributed by atoms with Gasteiger partial charge >= 0.3 is 0 Å². The Hall–Kier alpha value is -2.23. The summed E-state index contributed by atoms with van der Waals surface area (Å²) in [6, 6.07) is 9.82. The smallest absolute Gasteiger partial charge is 0.220 e. The highest BCUT2D eigenvalue weighted by molar-refractivity contribution is 5.76. The lowest BCUT2D eigenvalue weighted by Crippen LogP contribution is -2.34. The largest absolute Gasteiger partial charge is 0.497 e. The summed E-state index contributed by atoms with van der Waals surface area (Å²) in [6.07, 6.45) is 5.36. The number of hydrogen-bond donors (Lipinski definition) is 1. The molecule has 1 aromatic carbocycles. The van der Waals surface area contributed by atoms with Gasteiger partial charge in [0.05, 0.1) is 19.6 Å². The second kappa shape index (κ2) is 7.53. The zero-order valence-corrected chi connectivity index (χ0v) is 12.5. The van der Waals surface area contributed by atoms with Gasteiger partial charge in [-0.2, -0.15) is 0 Å². The van der Waals surface area contributed by atoms with Gasteiger partial charge in [-0.15, -0.1) is 0 Å². The van der Waals surface area contributed by atoms with Crippen LogP contribution in [0, 0.1) is 0 Å². The minimum atomic E-state index is 0.0711. The van der Waals surface area contributed by atoms with Crippen LogP contribution in [0.2, 0.25) is 0 Å². The summed E-state index contributed by atoms with van der Waals surface area (Å²) in [5.74, 6) is 0.902. The number of ether oxygens (including phenoxy) is 1. The molecule has 0 spiro atoms. The van der Waals surface area contributed by atoms with Crippen LogP contribution < -0.4 is 10.1 Å². The zero-order valence-electron chi connectivity index (χ0n) is 12.5. The molecule has 1 aromatic heterocycles. The van der Waals surface area contributed by atoms with Gasteiger partial charge in [0.2, 0.25) is 5.91 Å². The predicted molar refractivity (Wildman–Crippen MR) is 81.3 cm³/mol. The monoisotopic (exact) mass is 287 g/mol. The van der Waals surface area contributed by atoms with E-state index in [-0.39, 0.29) is 11.9 Å². The lowest BCUT2D eigenvalue weighted by molar-refractivity contribution is -0.121. The van der Waals surface area contributed by atoms with Gasteiger partial charge in [0.25, 0.3) is 0 Å². The summed E-state index contributed by atoms with van der Waals surface area (Å²) in [4.78, 5) is 11.9. The number of rotatable bonds is 7. The fourth-order valence-corrected chi connectivity index (χ4v) is 2.21. The topological polar surface area (TPSA) is 51.5 Å². The van der Waals surface area contributed by atoms with E-state index in [4.69, 9.17) is 9.15 Å². The molecular weight excluding hydrogens is 266 g/mol. The number of nitrogens with one attached hydrogen (secondary N) is 1. The number of aryl methyl sites for hydroxylation is 1. The van der Waals surface area contributed by atoms with Gasteiger partial charge in [-0.25, -0.2) is 0 Å². The second-order valence-electron chi connectivity index (χ2n) is 5.15. The van der Waals surface area contributed by atoms with E-state index in [0.29, 0.717) is 6.42 Å². The van der Waals surface area contributed by atoms with Gasteiger partial charge < -0.3 is 14.5 Å². The van der Waals surface area contributed by atoms with Crippen LogP contribution in [0.5, 0.6) is 5.75 Å². The van der Waals surface area contributed by atoms with Crippen LogP contribution in [0.15, 0.2) is 47.3 Å². The molecule has 1 atom stereocenters. The molecule has 0 bridgehead atoms. The van der Waals surface area contributed by atoms with Crippen molar-refractivity contribution in [1.82, 2.24) is 5.32 Å². The number of methoxy groups -OCH3 is 1. The van der Waals surface area contributed by atoms with Crippen LogP contribution in [-0.4, -0.2) is 19.1 Å². The van der Waals surface area contributed by atoms with E-state index in [1.165, 1.54) is 0 Å². The Bertz CT molecular complexity index is 546. The fraction of sp³-hybridized carbons (Fsp3) is 0.353. The third-order valence-electron chi connectivity index (χ3n) is 3.33. The number of carbonyl (C=O) groups excluding carboxylic acids is 1. The van der Waals surface area contributed by atoms with Crippen molar-refractivity contribution in [2.24, 2.45) is 0 Å². The van der Waals surface area contributed by atoms with Crippen LogP contribution in [0.3, 0.4) is 0 Å². The lowest BCUT2D eigenvalue weighted by atomic mass is 10.1. The van der Waals surface area contributed by atoms with E-state index in [9.17, 15) is 4.79 Å². The number of furan rings is 1. The third kappa shape index (κ3) is 4.99. The predicted octanol–water partition coefficient (Wildman–Crippen LogP) is 2.97. The average Bonchev–Trinajstić information content (AvgIpc) is 2.98. The second-order valence-corrected chi connectivity index (χ2v) is 5.15. The summed E-state index contributed by atoms with van der Waals surface area (Å²) in [5.41, 5.74) is 2.23. The molecular formula is C17H21NO3. The molecule has 0 saturated carbocycles. The molecule has 0 saturated heterocycles. The van der Waals surface area contributed by atoms with Gasteiger partial charge in [0, 0.05) is 12.5 Å². The van der Waals surface area contributed by atoms with E-state index < -0.39 is 0 Å². The van der Waals surface area contributed by atoms with Crippen molar-refractivity contribution in [2.75, 3.05) is 7.11 Å². The first-order valence-electron chi connectivity index (χ1n) is 7.10. The fourth-order valence-electron chi connectivity index (χ4n) is 2.21. The summed E-state index contributed by atoms with van der Waals surface area (Å²) in [7, 11) is 1.64. The number of amides is 1. The molecule has 1 heterocycles. The van der Waals surface area contributed by atoms with Crippen LogP contribution in [0.4, 0.5) is 0 Å². The van der Waals surface area contributed by atoms with E-state index in [1.807, 2.05) is 37.3 Å². The van der Waals surface area contributed by atoms with Crippen LogP contribution in [0.25, 0.3) is 0 Å². The molecule has 0 aliphatic carbocycles. The first-order chi connectivity index (χ1) is 10.2. The maximum Gasteiger partial charge on any atom is 0.220 e. The van der Waals surface area contributed by atoms with Crippen molar-refractivity contribution >= 4 is 5.91 Å². The van der Waals surface area contributed by atoms with Crippen LogP contribution in [-0.2, 0) is 17.6 Å². The van der Waals surface area contributed by atoms with Crippen molar-refractivity contribution in [3.8, 4) is 5.75 Å². The van der Waals surface area contributed by atoms with Crippen molar-refractivity contribution in [3.05, 3.63) is 54.0 Å². The summed E-state index contributed by atoms with van der Waals surface area (Å²) < 4.78 is 10.1. The van der Waals surface area contributed by atoms with Gasteiger partial charge in [0.1, 0.15) is 5.75 Å². The number of hydrogen-bond acceptors (Lipinski definition) is 3. The molecule has 2 aromatic rings. The first-order valence-corrected chi connectivity index (χ1v) is 7.10. The van der Waals surface area contributed by atoms with Crippen molar-refractivity contribution < 1.29 is 13.9 Å². The SMILES string of the molecule is COc1ccc(CCC(=O)N[C@@H](C)Cc2ccoc2)cc1. The maximum atomic E-state index is 11.9. The molecule has 0 radical (unpaired) electrons. The van der Waals surface area contributed by atoms with Gasteiger partial charge in [-0.1, -0.05) is 12.1 Å². The Morgan fingerprint density at radius 1 is 1.24 bits per heavy atom. The van der Waals surface area contributed by atoms with Crippen LogP contribution >= 0.6 is 0 Å². The number of benzene rings is 1. The third-order valence-corrected chi connectivity index (χ3v) is 3.33. The van der Waals surface area contributed by atoms with Crippen molar-refractivity contribution in [1.29, 1.82) is 0 Å². The minimum Gasteiger partial charge on any atom is -0.497 e.